The van der Waals surface area contributed by atoms with Crippen molar-refractivity contribution in [3.05, 3.63) is 17.0 Å². The predicted molar refractivity (Wildman–Crippen MR) is 76.0 cm³/mol. The Morgan fingerprint density at radius 1 is 1.47 bits per heavy atom. The van der Waals surface area contributed by atoms with Crippen molar-refractivity contribution in [2.24, 2.45) is 5.92 Å². The molecule has 106 valence electrons. The molecule has 2 atom stereocenters. The molecule has 1 N–H and O–H groups in total. The third-order valence-corrected chi connectivity index (χ3v) is 6.45. The van der Waals surface area contributed by atoms with Gasteiger partial charge in [-0.15, -0.1) is 11.3 Å². The molecule has 1 amide bonds. The van der Waals surface area contributed by atoms with Gasteiger partial charge in [-0.3, -0.25) is 4.79 Å². The van der Waals surface area contributed by atoms with Crippen molar-refractivity contribution in [1.29, 1.82) is 0 Å². The molecule has 0 radical (unpaired) electrons. The van der Waals surface area contributed by atoms with Gasteiger partial charge in [0.15, 0.2) is 0 Å². The van der Waals surface area contributed by atoms with Gasteiger partial charge in [0.2, 0.25) is 5.91 Å². The van der Waals surface area contributed by atoms with Crippen LogP contribution in [-0.4, -0.2) is 20.4 Å². The van der Waals surface area contributed by atoms with Crippen LogP contribution >= 0.6 is 22.0 Å². The molecule has 1 heterocycles. The molecular weight excluding hydrogens is 306 g/mol. The van der Waals surface area contributed by atoms with Crippen molar-refractivity contribution >= 4 is 37.0 Å². The Bertz CT molecular complexity index is 567. The summed E-state index contributed by atoms with van der Waals surface area (Å²) in [5.41, 5.74) is 0. The Morgan fingerprint density at radius 2 is 2.21 bits per heavy atom. The minimum atomic E-state index is -3.69. The van der Waals surface area contributed by atoms with E-state index in [0.29, 0.717) is 10.8 Å². The molecule has 7 heteroatoms. The van der Waals surface area contributed by atoms with Crippen molar-refractivity contribution in [1.82, 2.24) is 5.32 Å². The first kappa shape index (κ1) is 14.8. The fourth-order valence-electron chi connectivity index (χ4n) is 2.36. The molecule has 0 aliphatic heterocycles. The zero-order valence-electron chi connectivity index (χ0n) is 10.6. The van der Waals surface area contributed by atoms with E-state index in [4.69, 9.17) is 10.7 Å². The Labute approximate surface area is 121 Å². The molecule has 1 saturated carbocycles. The lowest BCUT2D eigenvalue weighted by Crippen LogP contribution is -2.33. The zero-order chi connectivity index (χ0) is 14.0. The molecule has 1 fully saturated rings. The third kappa shape index (κ3) is 4.19. The van der Waals surface area contributed by atoms with Crippen molar-refractivity contribution in [3.8, 4) is 0 Å². The lowest BCUT2D eigenvalue weighted by atomic mass is 10.1. The molecule has 2 rings (SSSR count). The Balaban J connectivity index is 1.90. The molecule has 1 aromatic heterocycles. The van der Waals surface area contributed by atoms with Gasteiger partial charge in [-0.05, 0) is 37.3 Å². The van der Waals surface area contributed by atoms with E-state index in [1.54, 1.807) is 6.07 Å². The van der Waals surface area contributed by atoms with Gasteiger partial charge in [0, 0.05) is 21.6 Å². The van der Waals surface area contributed by atoms with E-state index >= 15 is 0 Å². The molecule has 2 unspecified atom stereocenters. The highest BCUT2D eigenvalue weighted by Gasteiger charge is 2.23. The quantitative estimate of drug-likeness (QED) is 0.867. The number of carbonyl (C=O) groups excluding carboxylic acids is 1. The van der Waals surface area contributed by atoms with Crippen LogP contribution in [0, 0.1) is 5.92 Å². The van der Waals surface area contributed by atoms with E-state index in [-0.39, 0.29) is 22.6 Å². The first-order chi connectivity index (χ1) is 8.84. The number of halogens is 1. The van der Waals surface area contributed by atoms with Gasteiger partial charge in [-0.2, -0.15) is 0 Å². The van der Waals surface area contributed by atoms with Crippen molar-refractivity contribution in [2.45, 2.75) is 42.9 Å². The van der Waals surface area contributed by atoms with E-state index in [1.807, 2.05) is 0 Å². The van der Waals surface area contributed by atoms with Crippen molar-refractivity contribution in [2.75, 3.05) is 0 Å². The van der Waals surface area contributed by atoms with Gasteiger partial charge in [-0.1, -0.05) is 6.92 Å². The minimum Gasteiger partial charge on any atom is -0.353 e. The van der Waals surface area contributed by atoms with Crippen LogP contribution in [0.2, 0.25) is 0 Å². The smallest absolute Gasteiger partial charge is 0.270 e. The maximum atomic E-state index is 11.8. The van der Waals surface area contributed by atoms with Crippen LogP contribution in [0.25, 0.3) is 0 Å². The Hall–Kier alpha value is -0.590. The summed E-state index contributed by atoms with van der Waals surface area (Å²) in [6.45, 7) is 2.18. The van der Waals surface area contributed by atoms with Crippen LogP contribution in [0.3, 0.4) is 0 Å². The summed E-state index contributed by atoms with van der Waals surface area (Å²) in [5.74, 6) is 0.611. The molecule has 1 aliphatic carbocycles. The lowest BCUT2D eigenvalue weighted by Gasteiger charge is -2.11. The average molecular weight is 322 g/mol. The highest BCUT2D eigenvalue weighted by molar-refractivity contribution is 8.15. The maximum Gasteiger partial charge on any atom is 0.270 e. The molecule has 1 aromatic rings. The van der Waals surface area contributed by atoms with Gasteiger partial charge < -0.3 is 5.32 Å². The number of amides is 1. The molecule has 0 spiro atoms. The molecule has 0 bridgehead atoms. The molecule has 0 aromatic carbocycles. The van der Waals surface area contributed by atoms with Gasteiger partial charge in [0.05, 0.1) is 6.42 Å². The number of nitrogens with one attached hydrogen (secondary N) is 1. The van der Waals surface area contributed by atoms with E-state index in [0.717, 1.165) is 30.6 Å². The summed E-state index contributed by atoms with van der Waals surface area (Å²) in [6, 6.07) is 3.34. The topological polar surface area (TPSA) is 63.2 Å². The van der Waals surface area contributed by atoms with Crippen LogP contribution in [0.5, 0.6) is 0 Å². The fourth-order valence-corrected chi connectivity index (χ4v) is 4.48. The molecule has 0 saturated heterocycles. The van der Waals surface area contributed by atoms with E-state index in [1.165, 1.54) is 6.07 Å². The first-order valence-corrected chi connectivity index (χ1v) is 9.30. The molecule has 1 aliphatic rings. The van der Waals surface area contributed by atoms with Crippen LogP contribution in [0.1, 0.15) is 31.1 Å². The van der Waals surface area contributed by atoms with Crippen LogP contribution in [-0.2, 0) is 20.3 Å². The van der Waals surface area contributed by atoms with E-state index in [2.05, 4.69) is 12.2 Å². The van der Waals surface area contributed by atoms with E-state index < -0.39 is 9.05 Å². The second-order valence-electron chi connectivity index (χ2n) is 5.02. The summed E-state index contributed by atoms with van der Waals surface area (Å²) >= 11 is 1.05. The summed E-state index contributed by atoms with van der Waals surface area (Å²) in [5, 5.41) is 2.99. The highest BCUT2D eigenvalue weighted by atomic mass is 35.7. The summed E-state index contributed by atoms with van der Waals surface area (Å²) in [4.78, 5) is 12.6. The number of hydrogen-bond donors (Lipinski definition) is 1. The molecule has 4 nitrogen and oxygen atoms in total. The second-order valence-corrected chi connectivity index (χ2v) is 8.98. The summed E-state index contributed by atoms with van der Waals surface area (Å²) in [6.07, 6.45) is 3.41. The number of thiophene rings is 1. The molecule has 19 heavy (non-hydrogen) atoms. The van der Waals surface area contributed by atoms with Crippen LogP contribution in [0.4, 0.5) is 0 Å². The number of carbonyl (C=O) groups is 1. The Morgan fingerprint density at radius 3 is 2.74 bits per heavy atom. The zero-order valence-corrected chi connectivity index (χ0v) is 12.9. The van der Waals surface area contributed by atoms with Crippen LogP contribution in [0.15, 0.2) is 16.3 Å². The van der Waals surface area contributed by atoms with Crippen LogP contribution < -0.4 is 5.32 Å². The normalized spacial score (nSPS) is 23.5. The second kappa shape index (κ2) is 5.81. The average Bonchev–Trinajstić information content (AvgIpc) is 2.87. The fraction of sp³-hybridized carbons (Fsp3) is 0.583. The minimum absolute atomic E-state index is 0.0560. The maximum absolute atomic E-state index is 11.8. The number of rotatable bonds is 4. The van der Waals surface area contributed by atoms with Gasteiger partial charge >= 0.3 is 0 Å². The standard InChI is InChI=1S/C12H16ClNO3S2/c1-8-2-3-9(6-8)14-11(15)7-10-4-5-12(18-10)19(13,16)17/h4-5,8-9H,2-3,6-7H2,1H3,(H,14,15). The third-order valence-electron chi connectivity index (χ3n) is 3.27. The summed E-state index contributed by atoms with van der Waals surface area (Å²) in [7, 11) is 1.56. The highest BCUT2D eigenvalue weighted by Crippen LogP contribution is 2.26. The largest absolute Gasteiger partial charge is 0.353 e. The van der Waals surface area contributed by atoms with E-state index in [9.17, 15) is 13.2 Å². The van der Waals surface area contributed by atoms with Crippen molar-refractivity contribution in [3.63, 3.8) is 0 Å². The monoisotopic (exact) mass is 321 g/mol. The van der Waals surface area contributed by atoms with Gasteiger partial charge in [0.25, 0.3) is 9.05 Å². The first-order valence-electron chi connectivity index (χ1n) is 6.17. The SMILES string of the molecule is CC1CCC(NC(=O)Cc2ccc(S(=O)(=O)Cl)s2)C1. The Kier molecular flexibility index (Phi) is 4.53. The van der Waals surface area contributed by atoms with Gasteiger partial charge in [-0.25, -0.2) is 8.42 Å². The summed E-state index contributed by atoms with van der Waals surface area (Å²) < 4.78 is 22.3. The number of hydrogen-bond acceptors (Lipinski definition) is 4. The molecular formula is C12H16ClNO3S2. The lowest BCUT2D eigenvalue weighted by molar-refractivity contribution is -0.121. The van der Waals surface area contributed by atoms with Crippen molar-refractivity contribution < 1.29 is 13.2 Å². The predicted octanol–water partition coefficient (Wildman–Crippen LogP) is 2.52. The van der Waals surface area contributed by atoms with Gasteiger partial charge in [0.1, 0.15) is 4.21 Å².